The molecular formula is C25H24ClN7O3. The van der Waals surface area contributed by atoms with Crippen molar-refractivity contribution in [3.8, 4) is 22.9 Å². The van der Waals surface area contributed by atoms with Crippen molar-refractivity contribution in [1.82, 2.24) is 29.6 Å². The Morgan fingerprint density at radius 1 is 1.19 bits per heavy atom. The van der Waals surface area contributed by atoms with Crippen molar-refractivity contribution in [2.45, 2.75) is 18.9 Å². The van der Waals surface area contributed by atoms with Crippen LogP contribution >= 0.6 is 11.6 Å². The van der Waals surface area contributed by atoms with Crippen LogP contribution in [0.15, 0.2) is 61.1 Å². The van der Waals surface area contributed by atoms with Gasteiger partial charge in [0, 0.05) is 37.0 Å². The number of benzene rings is 1. The van der Waals surface area contributed by atoms with Gasteiger partial charge in [0.1, 0.15) is 23.6 Å². The maximum atomic E-state index is 12.5. The minimum atomic E-state index is -0.174. The number of aliphatic hydroxyl groups is 1. The van der Waals surface area contributed by atoms with Gasteiger partial charge in [0.05, 0.1) is 23.1 Å². The molecule has 11 heteroatoms. The Bertz CT molecular complexity index is 1400. The average Bonchev–Trinajstić information content (AvgIpc) is 3.30. The fourth-order valence-electron chi connectivity index (χ4n) is 4.29. The summed E-state index contributed by atoms with van der Waals surface area (Å²) in [4.78, 5) is 27.1. The van der Waals surface area contributed by atoms with Crippen molar-refractivity contribution >= 4 is 34.4 Å². The molecule has 5 rings (SSSR count). The van der Waals surface area contributed by atoms with Crippen LogP contribution in [-0.2, 0) is 4.79 Å². The van der Waals surface area contributed by atoms with Gasteiger partial charge in [-0.3, -0.25) is 4.79 Å². The van der Waals surface area contributed by atoms with Crippen LogP contribution in [0.4, 0.5) is 5.82 Å². The number of ether oxygens (including phenoxy) is 1. The topological polar surface area (TPSA) is 132 Å². The Morgan fingerprint density at radius 3 is 2.78 bits per heavy atom. The quantitative estimate of drug-likeness (QED) is 0.380. The number of aliphatic hydroxyl groups excluding tert-OH is 1. The van der Waals surface area contributed by atoms with Gasteiger partial charge in [-0.2, -0.15) is 5.10 Å². The summed E-state index contributed by atoms with van der Waals surface area (Å²) >= 11 is 5.89. The summed E-state index contributed by atoms with van der Waals surface area (Å²) in [6, 6.07) is 10.8. The van der Waals surface area contributed by atoms with Crippen molar-refractivity contribution in [3.63, 3.8) is 0 Å². The number of carbonyl (C=O) groups excluding carboxylic acids is 1. The molecule has 184 valence electrons. The Hall–Kier alpha value is -4.02. The van der Waals surface area contributed by atoms with Crippen molar-refractivity contribution in [2.75, 3.05) is 25.4 Å². The standard InChI is InChI=1S/C25H24ClN7O3/c26-17-7-10-20(28-13-17)36-19-8-5-16(6-9-19)23-22-24(27)29-15-30-25(22)33(31-23)18-3-1-11-32(14-18)21(35)4-2-12-34/h2,4-10,13,15,18,34H,1,3,11-12,14H2,(H2,27,29,30)/b4-2+/t18-/m1/s1. The molecule has 4 aromatic rings. The second-order valence-corrected chi connectivity index (χ2v) is 8.79. The number of rotatable bonds is 6. The lowest BCUT2D eigenvalue weighted by atomic mass is 10.1. The molecule has 36 heavy (non-hydrogen) atoms. The first kappa shape index (κ1) is 23.7. The third kappa shape index (κ3) is 4.86. The number of halogens is 1. The van der Waals surface area contributed by atoms with E-state index in [1.165, 1.54) is 24.7 Å². The number of nitrogens with zero attached hydrogens (tertiary/aromatic N) is 6. The molecule has 0 unspecified atom stereocenters. The van der Waals surface area contributed by atoms with E-state index < -0.39 is 0 Å². The number of nitrogens with two attached hydrogens (primary N) is 1. The van der Waals surface area contributed by atoms with Gasteiger partial charge in [-0.25, -0.2) is 19.6 Å². The fourth-order valence-corrected chi connectivity index (χ4v) is 4.40. The molecule has 1 aromatic carbocycles. The van der Waals surface area contributed by atoms with Crippen molar-refractivity contribution in [1.29, 1.82) is 0 Å². The minimum absolute atomic E-state index is 0.0747. The number of carbonyl (C=O) groups is 1. The summed E-state index contributed by atoms with van der Waals surface area (Å²) in [6.07, 6.45) is 7.46. The molecule has 1 amide bonds. The van der Waals surface area contributed by atoms with E-state index in [0.29, 0.717) is 52.3 Å². The number of likely N-dealkylation sites (tertiary alicyclic amines) is 1. The van der Waals surface area contributed by atoms with Crippen LogP contribution in [0.2, 0.25) is 5.02 Å². The lowest BCUT2D eigenvalue weighted by Gasteiger charge is -2.32. The zero-order valence-corrected chi connectivity index (χ0v) is 20.0. The largest absolute Gasteiger partial charge is 0.439 e. The van der Waals surface area contributed by atoms with Gasteiger partial charge >= 0.3 is 0 Å². The maximum absolute atomic E-state index is 12.5. The number of amides is 1. The van der Waals surface area contributed by atoms with Crippen LogP contribution in [0.5, 0.6) is 11.6 Å². The molecule has 3 N–H and O–H groups in total. The molecule has 0 saturated carbocycles. The van der Waals surface area contributed by atoms with Gasteiger partial charge in [-0.15, -0.1) is 0 Å². The van der Waals surface area contributed by atoms with E-state index in [-0.39, 0.29) is 18.6 Å². The first-order valence-electron chi connectivity index (χ1n) is 11.5. The van der Waals surface area contributed by atoms with Gasteiger partial charge in [0.2, 0.25) is 11.8 Å². The lowest BCUT2D eigenvalue weighted by Crippen LogP contribution is -2.40. The highest BCUT2D eigenvalue weighted by atomic mass is 35.5. The van der Waals surface area contributed by atoms with E-state index in [1.807, 2.05) is 28.9 Å². The van der Waals surface area contributed by atoms with E-state index >= 15 is 0 Å². The highest BCUT2D eigenvalue weighted by molar-refractivity contribution is 6.30. The van der Waals surface area contributed by atoms with Crippen LogP contribution < -0.4 is 10.5 Å². The number of piperidine rings is 1. The van der Waals surface area contributed by atoms with Crippen LogP contribution in [0.25, 0.3) is 22.3 Å². The summed E-state index contributed by atoms with van der Waals surface area (Å²) in [5.41, 5.74) is 8.37. The zero-order valence-electron chi connectivity index (χ0n) is 19.3. The van der Waals surface area contributed by atoms with Crippen molar-refractivity contribution in [3.05, 3.63) is 66.1 Å². The summed E-state index contributed by atoms with van der Waals surface area (Å²) in [5.74, 6) is 1.25. The summed E-state index contributed by atoms with van der Waals surface area (Å²) in [7, 11) is 0. The number of nitrogen functional groups attached to an aromatic ring is 1. The summed E-state index contributed by atoms with van der Waals surface area (Å²) in [6.45, 7) is 0.959. The second kappa shape index (κ2) is 10.3. The number of anilines is 1. The van der Waals surface area contributed by atoms with Crippen molar-refractivity contribution in [2.24, 2.45) is 0 Å². The molecule has 0 radical (unpaired) electrons. The minimum Gasteiger partial charge on any atom is -0.439 e. The SMILES string of the molecule is Nc1ncnc2c1c(-c1ccc(Oc3ccc(Cl)cn3)cc1)nn2[C@@H]1CCCN(C(=O)/C=C/CO)C1. The highest BCUT2D eigenvalue weighted by Crippen LogP contribution is 2.34. The number of aromatic nitrogens is 5. The predicted molar refractivity (Wildman–Crippen MR) is 136 cm³/mol. The van der Waals surface area contributed by atoms with E-state index in [2.05, 4.69) is 15.0 Å². The molecule has 4 heterocycles. The number of hydrogen-bond acceptors (Lipinski definition) is 8. The Kier molecular flexibility index (Phi) is 6.79. The van der Waals surface area contributed by atoms with Gasteiger partial charge in [-0.05, 0) is 43.2 Å². The Balaban J connectivity index is 1.45. The van der Waals surface area contributed by atoms with Crippen LogP contribution in [0.3, 0.4) is 0 Å². The summed E-state index contributed by atoms with van der Waals surface area (Å²) < 4.78 is 7.64. The van der Waals surface area contributed by atoms with Gasteiger partial charge in [0.25, 0.3) is 0 Å². The number of pyridine rings is 1. The smallest absolute Gasteiger partial charge is 0.246 e. The number of fused-ring (bicyclic) bond motifs is 1. The molecule has 0 bridgehead atoms. The average molecular weight is 506 g/mol. The molecule has 1 fully saturated rings. The molecular weight excluding hydrogens is 482 g/mol. The molecule has 1 atom stereocenters. The van der Waals surface area contributed by atoms with Gasteiger partial charge in [0.15, 0.2) is 5.65 Å². The fraction of sp³-hybridized carbons (Fsp3) is 0.240. The third-order valence-electron chi connectivity index (χ3n) is 5.99. The molecule has 1 aliphatic rings. The Labute approximate surface area is 212 Å². The molecule has 1 aliphatic heterocycles. The molecule has 0 aliphatic carbocycles. The number of hydrogen-bond donors (Lipinski definition) is 2. The van der Waals surface area contributed by atoms with Crippen LogP contribution in [-0.4, -0.2) is 60.3 Å². The molecule has 0 spiro atoms. The molecule has 10 nitrogen and oxygen atoms in total. The monoisotopic (exact) mass is 505 g/mol. The summed E-state index contributed by atoms with van der Waals surface area (Å²) in [5, 5.41) is 15.1. The first-order chi connectivity index (χ1) is 17.5. The van der Waals surface area contributed by atoms with Gasteiger partial charge < -0.3 is 20.5 Å². The van der Waals surface area contributed by atoms with Crippen LogP contribution in [0.1, 0.15) is 18.9 Å². The molecule has 3 aromatic heterocycles. The first-order valence-corrected chi connectivity index (χ1v) is 11.9. The van der Waals surface area contributed by atoms with Gasteiger partial charge in [-0.1, -0.05) is 17.7 Å². The highest BCUT2D eigenvalue weighted by Gasteiger charge is 2.28. The molecule has 1 saturated heterocycles. The van der Waals surface area contributed by atoms with E-state index in [9.17, 15) is 4.79 Å². The third-order valence-corrected chi connectivity index (χ3v) is 6.21. The Morgan fingerprint density at radius 2 is 2.03 bits per heavy atom. The van der Waals surface area contributed by atoms with E-state index in [0.717, 1.165) is 18.4 Å². The van der Waals surface area contributed by atoms with E-state index in [4.69, 9.17) is 32.3 Å². The van der Waals surface area contributed by atoms with E-state index in [1.54, 1.807) is 17.0 Å². The lowest BCUT2D eigenvalue weighted by molar-refractivity contribution is -0.127. The second-order valence-electron chi connectivity index (χ2n) is 8.36. The maximum Gasteiger partial charge on any atom is 0.246 e. The predicted octanol–water partition coefficient (Wildman–Crippen LogP) is 3.63. The van der Waals surface area contributed by atoms with Crippen LogP contribution in [0, 0.1) is 0 Å². The van der Waals surface area contributed by atoms with Crippen molar-refractivity contribution < 1.29 is 14.6 Å². The normalized spacial score (nSPS) is 16.1. The zero-order chi connectivity index (χ0) is 25.1.